The molecule has 2 atom stereocenters. The van der Waals surface area contributed by atoms with Crippen LogP contribution >= 0.6 is 0 Å². The lowest BCUT2D eigenvalue weighted by atomic mass is 9.99. The number of hydrogen-bond donors (Lipinski definition) is 1. The Kier molecular flexibility index (Phi) is 6.05. The number of piperidine rings is 1. The molecule has 4 rings (SSSR count). The molecule has 1 fully saturated rings. The van der Waals surface area contributed by atoms with Crippen LogP contribution in [-0.4, -0.2) is 48.7 Å². The number of carbonyl (C=O) groups is 2. The van der Waals surface area contributed by atoms with Crippen molar-refractivity contribution in [1.82, 2.24) is 9.29 Å². The number of nitrogens with zero attached hydrogens (tertiary/aromatic N) is 3. The molecule has 1 saturated heterocycles. The Labute approximate surface area is 188 Å². The van der Waals surface area contributed by atoms with Gasteiger partial charge in [0.1, 0.15) is 5.82 Å². The van der Waals surface area contributed by atoms with Gasteiger partial charge in [0.05, 0.1) is 10.8 Å². The van der Waals surface area contributed by atoms with Gasteiger partial charge in [0.25, 0.3) is 0 Å². The number of pyridine rings is 1. The molecule has 2 aromatic rings. The quantitative estimate of drug-likeness (QED) is 0.763. The molecule has 1 aromatic carbocycles. The summed E-state index contributed by atoms with van der Waals surface area (Å²) >= 11 is 0. The molecular weight excluding hydrogens is 428 g/mol. The third-order valence-corrected chi connectivity index (χ3v) is 8.02. The molecule has 0 bridgehead atoms. The Hall–Kier alpha value is -2.78. The van der Waals surface area contributed by atoms with E-state index in [4.69, 9.17) is 0 Å². The molecule has 1 N–H and O–H groups in total. The zero-order chi connectivity index (χ0) is 23.0. The van der Waals surface area contributed by atoms with Gasteiger partial charge in [-0.2, -0.15) is 4.31 Å². The highest BCUT2D eigenvalue weighted by Crippen LogP contribution is 2.35. The number of carbonyl (C=O) groups excluding carboxylic acids is 2. The van der Waals surface area contributed by atoms with Crippen molar-refractivity contribution in [2.75, 3.05) is 23.3 Å². The zero-order valence-corrected chi connectivity index (χ0v) is 19.4. The van der Waals surface area contributed by atoms with Crippen LogP contribution in [0.1, 0.15) is 37.8 Å². The van der Waals surface area contributed by atoms with Crippen LogP contribution < -0.4 is 10.2 Å². The highest BCUT2D eigenvalue weighted by Gasteiger charge is 2.35. The van der Waals surface area contributed by atoms with E-state index in [1.165, 1.54) is 11.2 Å². The van der Waals surface area contributed by atoms with E-state index in [-0.39, 0.29) is 29.3 Å². The normalized spacial score (nSPS) is 21.3. The van der Waals surface area contributed by atoms with Gasteiger partial charge in [0.15, 0.2) is 0 Å². The van der Waals surface area contributed by atoms with Crippen molar-refractivity contribution in [2.45, 2.75) is 51.0 Å². The number of anilines is 2. The minimum atomic E-state index is -3.75. The van der Waals surface area contributed by atoms with Gasteiger partial charge in [-0.15, -0.1) is 0 Å². The van der Waals surface area contributed by atoms with Gasteiger partial charge in [0.2, 0.25) is 21.8 Å². The molecule has 0 radical (unpaired) electrons. The molecule has 2 unspecified atom stereocenters. The van der Waals surface area contributed by atoms with E-state index in [0.717, 1.165) is 16.8 Å². The molecule has 0 spiro atoms. The molecule has 0 saturated carbocycles. The molecule has 2 aliphatic rings. The number of hydrogen-bond acceptors (Lipinski definition) is 5. The molecular formula is C23H28N4O4S. The number of aromatic nitrogens is 1. The number of sulfonamides is 1. The first-order valence-corrected chi connectivity index (χ1v) is 12.3. The van der Waals surface area contributed by atoms with Crippen LogP contribution in [0, 0.1) is 12.8 Å². The summed E-state index contributed by atoms with van der Waals surface area (Å²) in [5.41, 5.74) is 2.61. The molecule has 8 nitrogen and oxygen atoms in total. The van der Waals surface area contributed by atoms with Crippen LogP contribution in [0.15, 0.2) is 41.4 Å². The monoisotopic (exact) mass is 456 g/mol. The van der Waals surface area contributed by atoms with Gasteiger partial charge in [-0.3, -0.25) is 9.59 Å². The first kappa shape index (κ1) is 22.4. The number of nitrogens with one attached hydrogen (secondary N) is 1. The van der Waals surface area contributed by atoms with Gasteiger partial charge in [-0.25, -0.2) is 13.4 Å². The van der Waals surface area contributed by atoms with Crippen LogP contribution in [-0.2, 0) is 26.0 Å². The van der Waals surface area contributed by atoms with Crippen LogP contribution in [0.2, 0.25) is 0 Å². The molecule has 0 aliphatic carbocycles. The van der Waals surface area contributed by atoms with E-state index in [2.05, 4.69) is 10.3 Å². The van der Waals surface area contributed by atoms with Crippen molar-refractivity contribution in [3.05, 3.63) is 47.7 Å². The first-order valence-electron chi connectivity index (χ1n) is 10.8. The van der Waals surface area contributed by atoms with Crippen molar-refractivity contribution in [1.29, 1.82) is 0 Å². The second kappa shape index (κ2) is 8.63. The van der Waals surface area contributed by atoms with E-state index < -0.39 is 15.9 Å². The maximum Gasteiger partial charge on any atom is 0.243 e. The van der Waals surface area contributed by atoms with Gasteiger partial charge in [0, 0.05) is 37.9 Å². The highest BCUT2D eigenvalue weighted by molar-refractivity contribution is 7.89. The van der Waals surface area contributed by atoms with Crippen LogP contribution in [0.3, 0.4) is 0 Å². The van der Waals surface area contributed by atoms with Crippen molar-refractivity contribution in [3.8, 4) is 0 Å². The number of benzene rings is 1. The van der Waals surface area contributed by atoms with Crippen molar-refractivity contribution >= 4 is 33.3 Å². The second-order valence-electron chi connectivity index (χ2n) is 8.64. The zero-order valence-electron chi connectivity index (χ0n) is 18.5. The fraction of sp³-hybridized carbons (Fsp3) is 0.435. The third-order valence-electron chi connectivity index (χ3n) is 6.16. The van der Waals surface area contributed by atoms with Crippen molar-refractivity contribution in [3.63, 3.8) is 0 Å². The van der Waals surface area contributed by atoms with Crippen LogP contribution in [0.25, 0.3) is 0 Å². The lowest BCUT2D eigenvalue weighted by molar-refractivity contribution is -0.121. The predicted octanol–water partition coefficient (Wildman–Crippen LogP) is 2.73. The average Bonchev–Trinajstić information content (AvgIpc) is 3.10. The van der Waals surface area contributed by atoms with Gasteiger partial charge < -0.3 is 10.2 Å². The highest BCUT2D eigenvalue weighted by atomic mass is 32.2. The molecule has 170 valence electrons. The second-order valence-corrected chi connectivity index (χ2v) is 10.6. The number of rotatable bonds is 4. The Bertz CT molecular complexity index is 1150. The van der Waals surface area contributed by atoms with E-state index in [9.17, 15) is 18.0 Å². The lowest BCUT2D eigenvalue weighted by Gasteiger charge is -2.31. The Morgan fingerprint density at radius 1 is 1.19 bits per heavy atom. The predicted molar refractivity (Wildman–Crippen MR) is 122 cm³/mol. The summed E-state index contributed by atoms with van der Waals surface area (Å²) in [6.07, 6.45) is 3.53. The first-order chi connectivity index (χ1) is 15.2. The van der Waals surface area contributed by atoms with E-state index in [1.54, 1.807) is 35.4 Å². The maximum atomic E-state index is 13.3. The topological polar surface area (TPSA) is 99.7 Å². The van der Waals surface area contributed by atoms with Gasteiger partial charge in [-0.1, -0.05) is 6.07 Å². The van der Waals surface area contributed by atoms with Crippen LogP contribution in [0.4, 0.5) is 11.5 Å². The standard InChI is InChI=1S/C23H28N4O4S/c1-15-6-9-22(24-13-15)25-23(29)18-5-4-10-26(14-18)32(30,31)20-7-8-21-19(12-20)11-16(2)27(21)17(3)28/h6-9,12-13,16,18H,4-5,10-11,14H2,1-3H3,(H,24,25,29). The minimum Gasteiger partial charge on any atom is -0.310 e. The summed E-state index contributed by atoms with van der Waals surface area (Å²) in [5, 5.41) is 2.80. The van der Waals surface area contributed by atoms with E-state index in [0.29, 0.717) is 31.6 Å². The Balaban J connectivity index is 1.50. The maximum absolute atomic E-state index is 13.3. The summed E-state index contributed by atoms with van der Waals surface area (Å²) in [5.74, 6) is -0.256. The number of fused-ring (bicyclic) bond motifs is 1. The Morgan fingerprint density at radius 2 is 1.97 bits per heavy atom. The fourth-order valence-electron chi connectivity index (χ4n) is 4.54. The molecule has 32 heavy (non-hydrogen) atoms. The Morgan fingerprint density at radius 3 is 2.66 bits per heavy atom. The third kappa shape index (κ3) is 4.27. The van der Waals surface area contributed by atoms with E-state index >= 15 is 0 Å². The van der Waals surface area contributed by atoms with Crippen LogP contribution in [0.5, 0.6) is 0 Å². The summed E-state index contributed by atoms with van der Waals surface area (Å²) in [7, 11) is -3.75. The summed E-state index contributed by atoms with van der Waals surface area (Å²) < 4.78 is 28.1. The molecule has 2 amide bonds. The van der Waals surface area contributed by atoms with Gasteiger partial charge >= 0.3 is 0 Å². The molecule has 1 aromatic heterocycles. The van der Waals surface area contributed by atoms with Gasteiger partial charge in [-0.05, 0) is 68.5 Å². The minimum absolute atomic E-state index is 0.00102. The number of amides is 2. The largest absolute Gasteiger partial charge is 0.310 e. The SMILES string of the molecule is CC(=O)N1c2ccc(S(=O)(=O)N3CCCC(C(=O)Nc4ccc(C)cn4)C3)cc2CC1C. The van der Waals surface area contributed by atoms with Crippen molar-refractivity contribution in [2.24, 2.45) is 5.92 Å². The lowest BCUT2D eigenvalue weighted by Crippen LogP contribution is -2.43. The summed E-state index contributed by atoms with van der Waals surface area (Å²) in [6, 6.07) is 8.54. The molecule has 2 aliphatic heterocycles. The van der Waals surface area contributed by atoms with E-state index in [1.807, 2.05) is 19.9 Å². The number of aryl methyl sites for hydroxylation is 1. The summed E-state index contributed by atoms with van der Waals surface area (Å²) in [4.78, 5) is 30.8. The molecule has 9 heteroatoms. The molecule has 3 heterocycles. The average molecular weight is 457 g/mol. The summed E-state index contributed by atoms with van der Waals surface area (Å²) in [6.45, 7) is 5.89. The fourth-order valence-corrected chi connectivity index (χ4v) is 6.12. The smallest absolute Gasteiger partial charge is 0.243 e. The van der Waals surface area contributed by atoms with Crippen molar-refractivity contribution < 1.29 is 18.0 Å².